The number of amides is 1. The van der Waals surface area contributed by atoms with Crippen LogP contribution in [0.2, 0.25) is 0 Å². The number of nitrogens with one attached hydrogen (secondary N) is 2. The van der Waals surface area contributed by atoms with Crippen molar-refractivity contribution in [2.24, 2.45) is 0 Å². The predicted molar refractivity (Wildman–Crippen MR) is 109 cm³/mol. The molecule has 1 aromatic rings. The molecular formula is C19H31N5O3S. The highest BCUT2D eigenvalue weighted by atomic mass is 32.2. The van der Waals surface area contributed by atoms with Crippen molar-refractivity contribution in [3.8, 4) is 0 Å². The van der Waals surface area contributed by atoms with Gasteiger partial charge in [0.2, 0.25) is 15.9 Å². The van der Waals surface area contributed by atoms with Crippen molar-refractivity contribution in [3.63, 3.8) is 0 Å². The largest absolute Gasteiger partial charge is 0.354 e. The molecule has 1 saturated carbocycles. The van der Waals surface area contributed by atoms with Crippen LogP contribution in [0.1, 0.15) is 39.5 Å². The minimum Gasteiger partial charge on any atom is -0.354 e. The lowest BCUT2D eigenvalue weighted by Gasteiger charge is -2.35. The van der Waals surface area contributed by atoms with Crippen LogP contribution in [-0.4, -0.2) is 69.0 Å². The minimum atomic E-state index is -3.54. The van der Waals surface area contributed by atoms with E-state index < -0.39 is 10.0 Å². The maximum absolute atomic E-state index is 12.4. The van der Waals surface area contributed by atoms with Gasteiger partial charge in [0.25, 0.3) is 0 Å². The summed E-state index contributed by atoms with van der Waals surface area (Å²) in [5, 5.41) is 3.02. The van der Waals surface area contributed by atoms with Crippen LogP contribution in [0.25, 0.3) is 0 Å². The number of carbonyl (C=O) groups is 1. The number of aromatic nitrogens is 1. The van der Waals surface area contributed by atoms with Crippen LogP contribution < -0.4 is 14.9 Å². The van der Waals surface area contributed by atoms with Crippen LogP contribution >= 0.6 is 0 Å². The summed E-state index contributed by atoms with van der Waals surface area (Å²) in [7, 11) is -3.54. The SMILES string of the molecule is CCCC(C)NS(=O)(=O)c1ccc(N2CCN(CC(=O)NC3CC3)CC2)nc1. The number of carbonyl (C=O) groups excluding carboxylic acids is 1. The number of sulfonamides is 1. The summed E-state index contributed by atoms with van der Waals surface area (Å²) in [6.45, 7) is 7.44. The Labute approximate surface area is 167 Å². The molecule has 2 fully saturated rings. The number of pyridine rings is 1. The average Bonchev–Trinajstić information content (AvgIpc) is 3.46. The summed E-state index contributed by atoms with van der Waals surface area (Å²) in [5.41, 5.74) is 0. The van der Waals surface area contributed by atoms with E-state index in [1.165, 1.54) is 6.20 Å². The molecule has 2 heterocycles. The van der Waals surface area contributed by atoms with Gasteiger partial charge in [-0.2, -0.15) is 0 Å². The topological polar surface area (TPSA) is 94.6 Å². The summed E-state index contributed by atoms with van der Waals surface area (Å²) in [4.78, 5) is 20.7. The molecule has 1 saturated heterocycles. The van der Waals surface area contributed by atoms with Gasteiger partial charge in [-0.1, -0.05) is 13.3 Å². The second kappa shape index (κ2) is 9.19. The number of anilines is 1. The van der Waals surface area contributed by atoms with Crippen molar-refractivity contribution in [1.29, 1.82) is 0 Å². The van der Waals surface area contributed by atoms with Crippen molar-refractivity contribution in [2.45, 2.75) is 56.5 Å². The van der Waals surface area contributed by atoms with Crippen molar-refractivity contribution >= 4 is 21.7 Å². The zero-order valence-electron chi connectivity index (χ0n) is 16.7. The highest BCUT2D eigenvalue weighted by Gasteiger charge is 2.25. The van der Waals surface area contributed by atoms with E-state index in [0.717, 1.165) is 57.7 Å². The molecule has 8 nitrogen and oxygen atoms in total. The minimum absolute atomic E-state index is 0.0973. The first kappa shape index (κ1) is 21.0. The van der Waals surface area contributed by atoms with Gasteiger partial charge >= 0.3 is 0 Å². The summed E-state index contributed by atoms with van der Waals surface area (Å²) < 4.78 is 27.5. The van der Waals surface area contributed by atoms with Crippen molar-refractivity contribution in [1.82, 2.24) is 19.9 Å². The summed E-state index contributed by atoms with van der Waals surface area (Å²) in [6, 6.07) is 3.67. The number of nitrogens with zero attached hydrogens (tertiary/aromatic N) is 3. The van der Waals surface area contributed by atoms with E-state index in [1.807, 2.05) is 13.8 Å². The molecule has 1 unspecified atom stereocenters. The zero-order valence-corrected chi connectivity index (χ0v) is 17.5. The number of hydrogen-bond acceptors (Lipinski definition) is 6. The molecule has 1 aliphatic carbocycles. The molecule has 2 aliphatic rings. The zero-order chi connectivity index (χ0) is 20.1. The monoisotopic (exact) mass is 409 g/mol. The van der Waals surface area contributed by atoms with Gasteiger partial charge in [0, 0.05) is 44.5 Å². The molecule has 1 atom stereocenters. The lowest BCUT2D eigenvalue weighted by molar-refractivity contribution is -0.122. The fraction of sp³-hybridized carbons (Fsp3) is 0.684. The van der Waals surface area contributed by atoms with Crippen molar-refractivity contribution < 1.29 is 13.2 Å². The van der Waals surface area contributed by atoms with Crippen LogP contribution in [-0.2, 0) is 14.8 Å². The van der Waals surface area contributed by atoms with Crippen LogP contribution in [0.5, 0.6) is 0 Å². The first-order valence-electron chi connectivity index (χ1n) is 10.1. The van der Waals surface area contributed by atoms with E-state index >= 15 is 0 Å². The third-order valence-electron chi connectivity index (χ3n) is 5.12. The standard InChI is InChI=1S/C19H31N5O3S/c1-3-4-15(2)22-28(26,27)17-7-8-18(20-13-17)24-11-9-23(10-12-24)14-19(25)21-16-5-6-16/h7-8,13,15-16,22H,3-6,9-12,14H2,1-2H3,(H,21,25). The summed E-state index contributed by atoms with van der Waals surface area (Å²) in [6.07, 6.45) is 5.35. The maximum Gasteiger partial charge on any atom is 0.242 e. The van der Waals surface area contributed by atoms with E-state index in [-0.39, 0.29) is 16.8 Å². The van der Waals surface area contributed by atoms with E-state index in [9.17, 15) is 13.2 Å². The molecule has 0 spiro atoms. The fourth-order valence-electron chi connectivity index (χ4n) is 3.38. The molecule has 156 valence electrons. The van der Waals surface area contributed by atoms with Crippen LogP contribution in [0.3, 0.4) is 0 Å². The Hall–Kier alpha value is -1.71. The molecule has 0 bridgehead atoms. The van der Waals surface area contributed by atoms with Gasteiger partial charge in [0.15, 0.2) is 0 Å². The Morgan fingerprint density at radius 2 is 1.96 bits per heavy atom. The lowest BCUT2D eigenvalue weighted by atomic mass is 10.2. The number of hydrogen-bond donors (Lipinski definition) is 2. The summed E-state index contributed by atoms with van der Waals surface area (Å²) >= 11 is 0. The average molecular weight is 410 g/mol. The van der Waals surface area contributed by atoms with Gasteiger partial charge < -0.3 is 10.2 Å². The Kier molecular flexibility index (Phi) is 6.90. The Bertz CT molecular complexity index is 756. The molecule has 0 aromatic carbocycles. The van der Waals surface area contributed by atoms with E-state index in [1.54, 1.807) is 12.1 Å². The molecule has 3 rings (SSSR count). The first-order valence-corrected chi connectivity index (χ1v) is 11.6. The highest BCUT2D eigenvalue weighted by molar-refractivity contribution is 7.89. The molecule has 0 radical (unpaired) electrons. The van der Waals surface area contributed by atoms with Crippen LogP contribution in [0.4, 0.5) is 5.82 Å². The Balaban J connectivity index is 1.50. The molecule has 28 heavy (non-hydrogen) atoms. The number of rotatable bonds is 9. The second-order valence-corrected chi connectivity index (χ2v) is 9.48. The summed E-state index contributed by atoms with van der Waals surface area (Å²) in [5.74, 6) is 0.871. The van der Waals surface area contributed by atoms with Gasteiger partial charge in [-0.05, 0) is 38.3 Å². The molecule has 1 aromatic heterocycles. The number of piperazine rings is 1. The molecule has 1 aliphatic heterocycles. The third kappa shape index (κ3) is 5.89. The molecule has 2 N–H and O–H groups in total. The van der Waals surface area contributed by atoms with Gasteiger partial charge in [0.05, 0.1) is 6.54 Å². The smallest absolute Gasteiger partial charge is 0.242 e. The van der Waals surface area contributed by atoms with Crippen LogP contribution in [0, 0.1) is 0 Å². The van der Waals surface area contributed by atoms with Gasteiger partial charge in [-0.15, -0.1) is 0 Å². The van der Waals surface area contributed by atoms with E-state index in [4.69, 9.17) is 0 Å². The normalized spacial score (nSPS) is 19.4. The van der Waals surface area contributed by atoms with Gasteiger partial charge in [0.1, 0.15) is 10.7 Å². The van der Waals surface area contributed by atoms with Gasteiger partial charge in [-0.3, -0.25) is 9.69 Å². The Morgan fingerprint density at radius 3 is 2.54 bits per heavy atom. The maximum atomic E-state index is 12.4. The van der Waals surface area contributed by atoms with Crippen molar-refractivity contribution in [2.75, 3.05) is 37.6 Å². The first-order chi connectivity index (χ1) is 13.4. The van der Waals surface area contributed by atoms with Crippen LogP contribution in [0.15, 0.2) is 23.2 Å². The molecular weight excluding hydrogens is 378 g/mol. The second-order valence-electron chi connectivity index (χ2n) is 7.77. The van der Waals surface area contributed by atoms with Crippen molar-refractivity contribution in [3.05, 3.63) is 18.3 Å². The lowest BCUT2D eigenvalue weighted by Crippen LogP contribution is -2.50. The third-order valence-corrected chi connectivity index (χ3v) is 6.69. The fourth-order valence-corrected chi connectivity index (χ4v) is 4.60. The quantitative estimate of drug-likeness (QED) is 0.631. The Morgan fingerprint density at radius 1 is 1.25 bits per heavy atom. The van der Waals surface area contributed by atoms with E-state index in [2.05, 4.69) is 24.8 Å². The highest BCUT2D eigenvalue weighted by Crippen LogP contribution is 2.19. The molecule has 9 heteroatoms. The van der Waals surface area contributed by atoms with Gasteiger partial charge in [-0.25, -0.2) is 18.1 Å². The van der Waals surface area contributed by atoms with E-state index in [0.29, 0.717) is 12.6 Å². The molecule has 1 amide bonds. The predicted octanol–water partition coefficient (Wildman–Crippen LogP) is 0.949.